The number of aromatic nitrogens is 1. The summed E-state index contributed by atoms with van der Waals surface area (Å²) in [6.07, 6.45) is 1.25. The number of nitrogens with two attached hydrogens (primary N) is 1. The quantitative estimate of drug-likeness (QED) is 0.168. The molecule has 0 fully saturated rings. The molecule has 35 heavy (non-hydrogen) atoms. The molecule has 0 radical (unpaired) electrons. The van der Waals surface area contributed by atoms with Crippen LogP contribution in [0.1, 0.15) is 35.8 Å². The highest BCUT2D eigenvalue weighted by Crippen LogP contribution is 2.12. The Morgan fingerprint density at radius 1 is 1.20 bits per heavy atom. The van der Waals surface area contributed by atoms with Crippen LogP contribution in [0.25, 0.3) is 0 Å². The van der Waals surface area contributed by atoms with Crippen molar-refractivity contribution in [2.45, 2.75) is 38.3 Å². The van der Waals surface area contributed by atoms with Crippen molar-refractivity contribution in [3.63, 3.8) is 0 Å². The Morgan fingerprint density at radius 3 is 2.49 bits per heavy atom. The summed E-state index contributed by atoms with van der Waals surface area (Å²) in [5.41, 5.74) is 5.81. The van der Waals surface area contributed by atoms with E-state index in [9.17, 15) is 32.4 Å². The number of carbonyl (C=O) groups excluding carboxylic acids is 3. The monoisotopic (exact) mass is 532 g/mol. The third-order valence-electron chi connectivity index (χ3n) is 4.57. The highest BCUT2D eigenvalue weighted by Gasteiger charge is 2.23. The molecule has 13 nitrogen and oxygen atoms in total. The van der Waals surface area contributed by atoms with E-state index in [-0.39, 0.29) is 29.9 Å². The van der Waals surface area contributed by atoms with Crippen LogP contribution < -0.4 is 16.4 Å². The second-order valence-electron chi connectivity index (χ2n) is 7.27. The number of carboxylic acid groups (broad SMARTS) is 2. The Labute approximate surface area is 206 Å². The van der Waals surface area contributed by atoms with Crippen LogP contribution in [0.5, 0.6) is 0 Å². The average Bonchev–Trinajstić information content (AvgIpc) is 2.82. The zero-order valence-electron chi connectivity index (χ0n) is 18.9. The molecule has 2 unspecified atom stereocenters. The molecule has 2 atom stereocenters. The normalized spacial score (nSPS) is 12.9. The van der Waals surface area contributed by atoms with Crippen LogP contribution in [0.4, 0.5) is 0 Å². The number of aryl methyl sites for hydroxylation is 1. The number of carboxylic acids is 2. The van der Waals surface area contributed by atoms with E-state index in [4.69, 9.17) is 15.9 Å². The van der Waals surface area contributed by atoms with E-state index in [1.54, 1.807) is 0 Å². The summed E-state index contributed by atoms with van der Waals surface area (Å²) in [5, 5.41) is 21.2. The first-order valence-electron chi connectivity index (χ1n) is 10.4. The highest BCUT2D eigenvalue weighted by molar-refractivity contribution is 8.06. The van der Waals surface area contributed by atoms with Crippen LogP contribution in [0.15, 0.2) is 18.3 Å². The minimum Gasteiger partial charge on any atom is -0.480 e. The zero-order chi connectivity index (χ0) is 26.6. The lowest BCUT2D eigenvalue weighted by Crippen LogP contribution is -2.49. The number of sulfone groups is 1. The van der Waals surface area contributed by atoms with Gasteiger partial charge in [0, 0.05) is 29.6 Å². The molecule has 1 aromatic rings. The second-order valence-corrected chi connectivity index (χ2v) is 10.6. The maximum atomic E-state index is 12.3. The van der Waals surface area contributed by atoms with Crippen molar-refractivity contribution in [1.29, 1.82) is 0 Å². The molecule has 0 bridgehead atoms. The molecule has 0 aliphatic rings. The van der Waals surface area contributed by atoms with Gasteiger partial charge in [0.05, 0.1) is 5.75 Å². The molecule has 0 aromatic carbocycles. The number of rotatable bonds is 15. The lowest BCUT2D eigenvalue weighted by Gasteiger charge is -2.18. The summed E-state index contributed by atoms with van der Waals surface area (Å²) in [6.45, 7) is 0.722. The summed E-state index contributed by atoms with van der Waals surface area (Å²) < 4.78 is 23.6. The van der Waals surface area contributed by atoms with Crippen LogP contribution in [-0.2, 0) is 35.4 Å². The van der Waals surface area contributed by atoms with E-state index in [0.717, 1.165) is 0 Å². The largest absolute Gasteiger partial charge is 0.480 e. The average molecular weight is 533 g/mol. The van der Waals surface area contributed by atoms with E-state index < -0.39 is 57.3 Å². The molecule has 2 amide bonds. The zero-order valence-corrected chi connectivity index (χ0v) is 20.6. The fourth-order valence-corrected chi connectivity index (χ4v) is 4.31. The number of hydrogen-bond acceptors (Lipinski definition) is 10. The Hall–Kier alpha value is -3.04. The van der Waals surface area contributed by atoms with Crippen molar-refractivity contribution < 1.29 is 42.6 Å². The summed E-state index contributed by atoms with van der Waals surface area (Å²) in [6, 6.07) is 0.349. The van der Waals surface area contributed by atoms with Crippen LogP contribution in [-0.4, -0.2) is 88.4 Å². The Morgan fingerprint density at radius 2 is 1.89 bits per heavy atom. The van der Waals surface area contributed by atoms with Gasteiger partial charge in [-0.1, -0.05) is 6.92 Å². The minimum absolute atomic E-state index is 0.000364. The van der Waals surface area contributed by atoms with Crippen molar-refractivity contribution in [2.24, 2.45) is 5.73 Å². The molecule has 1 aromatic heterocycles. The van der Waals surface area contributed by atoms with Crippen LogP contribution >= 0.6 is 11.8 Å². The van der Waals surface area contributed by atoms with Gasteiger partial charge >= 0.3 is 11.9 Å². The lowest BCUT2D eigenvalue weighted by atomic mass is 10.1. The summed E-state index contributed by atoms with van der Waals surface area (Å²) >= 11 is 1.23. The number of thioether (sulfide) groups is 1. The number of amides is 2. The fraction of sp³-hybridized carbons (Fsp3) is 0.500. The molecule has 194 valence electrons. The van der Waals surface area contributed by atoms with Gasteiger partial charge < -0.3 is 26.6 Å². The number of pyridine rings is 1. The van der Waals surface area contributed by atoms with Crippen molar-refractivity contribution in [2.75, 3.05) is 23.8 Å². The molecule has 1 heterocycles. The number of carbonyl (C=O) groups is 5. The number of nitrogens with zero attached hydrogens (tertiary/aromatic N) is 1. The van der Waals surface area contributed by atoms with Crippen molar-refractivity contribution in [1.82, 2.24) is 15.6 Å². The SMILES string of the molecule is CCS(=O)(=O)C(=O)c1ccnc(CCSCC(NC(=O)CCC(N)C(=O)O)C(=O)NCC(=O)O)c1. The summed E-state index contributed by atoms with van der Waals surface area (Å²) in [4.78, 5) is 62.1. The molecular formula is C20H28N4O9S2. The predicted molar refractivity (Wildman–Crippen MR) is 126 cm³/mol. The van der Waals surface area contributed by atoms with Gasteiger partial charge in [0.1, 0.15) is 18.6 Å². The molecule has 0 saturated heterocycles. The lowest BCUT2D eigenvalue weighted by molar-refractivity contribution is -0.139. The smallest absolute Gasteiger partial charge is 0.322 e. The Kier molecular flexibility index (Phi) is 12.3. The molecule has 0 aliphatic carbocycles. The van der Waals surface area contributed by atoms with Gasteiger partial charge in [0.2, 0.25) is 21.7 Å². The second kappa shape index (κ2) is 14.4. The van der Waals surface area contributed by atoms with Crippen molar-refractivity contribution >= 4 is 50.5 Å². The fourth-order valence-electron chi connectivity index (χ4n) is 2.58. The Bertz CT molecular complexity index is 1050. The number of hydrogen-bond donors (Lipinski definition) is 5. The highest BCUT2D eigenvalue weighted by atomic mass is 32.2. The van der Waals surface area contributed by atoms with E-state index >= 15 is 0 Å². The molecule has 0 spiro atoms. The maximum absolute atomic E-state index is 12.3. The standard InChI is InChI=1S/C20H28N4O9S2/c1-2-35(32,33)20(31)12-5-7-22-13(9-12)6-8-34-11-15(18(28)23-10-17(26)27)24-16(25)4-3-14(21)19(29)30/h5,7,9,14-15H,2-4,6,8,10-11,21H2,1H3,(H,23,28)(H,24,25)(H,26,27)(H,29,30). The number of nitrogens with one attached hydrogen (secondary N) is 2. The van der Waals surface area contributed by atoms with Gasteiger partial charge in [-0.25, -0.2) is 8.42 Å². The van der Waals surface area contributed by atoms with Crippen molar-refractivity contribution in [3.8, 4) is 0 Å². The van der Waals surface area contributed by atoms with E-state index in [2.05, 4.69) is 15.6 Å². The van der Waals surface area contributed by atoms with Gasteiger partial charge in [0.15, 0.2) is 0 Å². The van der Waals surface area contributed by atoms with Crippen LogP contribution in [0.3, 0.4) is 0 Å². The topological polar surface area (TPSA) is 223 Å². The van der Waals surface area contributed by atoms with Gasteiger partial charge in [-0.05, 0) is 30.7 Å². The predicted octanol–water partition coefficient (Wildman–Crippen LogP) is -1.19. The van der Waals surface area contributed by atoms with E-state index in [1.807, 2.05) is 0 Å². The Balaban J connectivity index is 2.71. The van der Waals surface area contributed by atoms with Crippen LogP contribution in [0.2, 0.25) is 0 Å². The van der Waals surface area contributed by atoms with E-state index in [0.29, 0.717) is 17.9 Å². The van der Waals surface area contributed by atoms with Gasteiger partial charge in [-0.2, -0.15) is 11.8 Å². The first-order valence-corrected chi connectivity index (χ1v) is 13.2. The first kappa shape index (κ1) is 30.0. The summed E-state index contributed by atoms with van der Waals surface area (Å²) in [5.74, 6) is -3.77. The molecular weight excluding hydrogens is 504 g/mol. The molecule has 6 N–H and O–H groups in total. The maximum Gasteiger partial charge on any atom is 0.322 e. The summed E-state index contributed by atoms with van der Waals surface area (Å²) in [7, 11) is -3.89. The molecule has 0 aliphatic heterocycles. The van der Waals surface area contributed by atoms with E-state index in [1.165, 1.54) is 37.0 Å². The molecule has 0 saturated carbocycles. The molecule has 15 heteroatoms. The van der Waals surface area contributed by atoms with Crippen molar-refractivity contribution in [3.05, 3.63) is 29.6 Å². The third-order valence-corrected chi connectivity index (χ3v) is 7.19. The van der Waals surface area contributed by atoms with Crippen LogP contribution in [0, 0.1) is 0 Å². The molecule has 1 rings (SSSR count). The van der Waals surface area contributed by atoms with Gasteiger partial charge in [-0.15, -0.1) is 0 Å². The number of aliphatic carboxylic acids is 2. The minimum atomic E-state index is -3.89. The van der Waals surface area contributed by atoms with Gasteiger partial charge in [-0.3, -0.25) is 29.0 Å². The first-order chi connectivity index (χ1) is 16.4. The van der Waals surface area contributed by atoms with Gasteiger partial charge in [0.25, 0.3) is 5.12 Å². The third kappa shape index (κ3) is 10.8.